The van der Waals surface area contributed by atoms with Gasteiger partial charge in [-0.15, -0.1) is 11.3 Å². The molecule has 0 saturated heterocycles. The molecule has 0 aliphatic carbocycles. The smallest absolute Gasteiger partial charge is 0.263 e. The van der Waals surface area contributed by atoms with Gasteiger partial charge in [0.15, 0.2) is 5.13 Å². The minimum atomic E-state index is -0.392. The molecule has 1 aromatic rings. The van der Waals surface area contributed by atoms with E-state index in [0.717, 1.165) is 31.6 Å². The minimum Gasteiger partial charge on any atom is -0.381 e. The van der Waals surface area contributed by atoms with Gasteiger partial charge in [0.2, 0.25) is 0 Å². The fourth-order valence-electron chi connectivity index (χ4n) is 1.52. The molecule has 0 radical (unpaired) electrons. The Hall–Kier alpha value is -1.91. The zero-order valence-electron chi connectivity index (χ0n) is 13.0. The van der Waals surface area contributed by atoms with Gasteiger partial charge in [0, 0.05) is 31.3 Å². The Labute approximate surface area is 135 Å². The average molecular weight is 322 g/mol. The van der Waals surface area contributed by atoms with Gasteiger partial charge in [-0.1, -0.05) is 13.3 Å². The summed E-state index contributed by atoms with van der Waals surface area (Å²) in [5, 5.41) is 17.1. The number of carbonyl (C=O) groups excluding carboxylic acids is 1. The van der Waals surface area contributed by atoms with Crippen molar-refractivity contribution in [2.45, 2.75) is 33.1 Å². The number of aromatic nitrogens is 1. The highest BCUT2D eigenvalue weighted by Gasteiger charge is 2.08. The summed E-state index contributed by atoms with van der Waals surface area (Å²) in [5.74, 6) is -0.392. The van der Waals surface area contributed by atoms with Crippen LogP contribution in [-0.4, -0.2) is 30.6 Å². The van der Waals surface area contributed by atoms with Crippen LogP contribution in [0.3, 0.4) is 0 Å². The van der Waals surface area contributed by atoms with E-state index in [-0.39, 0.29) is 5.57 Å². The summed E-state index contributed by atoms with van der Waals surface area (Å²) in [6.07, 6.45) is 4.27. The molecule has 22 heavy (non-hydrogen) atoms. The van der Waals surface area contributed by atoms with Crippen LogP contribution >= 0.6 is 11.3 Å². The van der Waals surface area contributed by atoms with Crippen LogP contribution in [-0.2, 0) is 9.53 Å². The van der Waals surface area contributed by atoms with Crippen LogP contribution in [0.25, 0.3) is 0 Å². The number of rotatable bonds is 10. The van der Waals surface area contributed by atoms with Gasteiger partial charge in [0.05, 0.1) is 5.69 Å². The molecule has 6 nitrogen and oxygen atoms in total. The number of carbonyl (C=O) groups is 1. The predicted molar refractivity (Wildman–Crippen MR) is 87.5 cm³/mol. The summed E-state index contributed by atoms with van der Waals surface area (Å²) in [6, 6.07) is 1.88. The highest BCUT2D eigenvalue weighted by atomic mass is 32.1. The largest absolute Gasteiger partial charge is 0.381 e. The van der Waals surface area contributed by atoms with E-state index in [2.05, 4.69) is 22.5 Å². The lowest BCUT2D eigenvalue weighted by Crippen LogP contribution is -2.26. The second-order valence-corrected chi connectivity index (χ2v) is 5.54. The van der Waals surface area contributed by atoms with E-state index in [9.17, 15) is 4.79 Å². The molecule has 0 bridgehead atoms. The number of nitrogens with zero attached hydrogens (tertiary/aromatic N) is 2. The number of unbranched alkanes of at least 4 members (excludes halogenated alkanes) is 1. The first-order valence-corrected chi connectivity index (χ1v) is 8.20. The number of ether oxygens (including phenoxy) is 1. The fourth-order valence-corrected chi connectivity index (χ4v) is 2.18. The maximum atomic E-state index is 11.8. The predicted octanol–water partition coefficient (Wildman–Crippen LogP) is 2.59. The summed E-state index contributed by atoms with van der Waals surface area (Å²) < 4.78 is 5.40. The summed E-state index contributed by atoms with van der Waals surface area (Å²) in [7, 11) is 0. The van der Waals surface area contributed by atoms with Crippen molar-refractivity contribution >= 4 is 22.4 Å². The summed E-state index contributed by atoms with van der Waals surface area (Å²) in [4.78, 5) is 16.0. The SMILES string of the molecule is CCCCOCCCNC(=O)/C(C#N)=C\Nc1nc(C)cs1. The first-order chi connectivity index (χ1) is 10.7. The van der Waals surface area contributed by atoms with Crippen LogP contribution in [0, 0.1) is 18.3 Å². The number of anilines is 1. The monoisotopic (exact) mass is 322 g/mol. The van der Waals surface area contributed by atoms with Crippen LogP contribution in [0.15, 0.2) is 17.2 Å². The summed E-state index contributed by atoms with van der Waals surface area (Å²) in [5.41, 5.74) is 0.923. The molecule has 0 atom stereocenters. The van der Waals surface area contributed by atoms with Crippen molar-refractivity contribution in [3.8, 4) is 6.07 Å². The standard InChI is InChI=1S/C15H22N4O2S/c1-3-4-7-21-8-5-6-17-14(20)13(9-16)10-18-15-19-12(2)11-22-15/h10-11H,3-8H2,1-2H3,(H,17,20)(H,18,19)/b13-10-. The molecule has 2 N–H and O–H groups in total. The molecule has 0 saturated carbocycles. The molecule has 0 aliphatic heterocycles. The second-order valence-electron chi connectivity index (χ2n) is 4.68. The third kappa shape index (κ3) is 7.20. The normalized spacial score (nSPS) is 11.0. The average Bonchev–Trinajstić information content (AvgIpc) is 2.92. The molecule has 0 unspecified atom stereocenters. The third-order valence-corrected chi connectivity index (χ3v) is 3.61. The maximum absolute atomic E-state index is 11.8. The molecule has 120 valence electrons. The van der Waals surface area contributed by atoms with Crippen molar-refractivity contribution in [1.82, 2.24) is 10.3 Å². The lowest BCUT2D eigenvalue weighted by Gasteiger charge is -2.05. The van der Waals surface area contributed by atoms with Crippen molar-refractivity contribution in [1.29, 1.82) is 5.26 Å². The van der Waals surface area contributed by atoms with E-state index >= 15 is 0 Å². The van der Waals surface area contributed by atoms with Crippen LogP contribution in [0.2, 0.25) is 0 Å². The lowest BCUT2D eigenvalue weighted by molar-refractivity contribution is -0.117. The van der Waals surface area contributed by atoms with Crippen LogP contribution in [0.1, 0.15) is 31.9 Å². The van der Waals surface area contributed by atoms with Crippen LogP contribution in [0.4, 0.5) is 5.13 Å². The third-order valence-electron chi connectivity index (χ3n) is 2.72. The van der Waals surface area contributed by atoms with Crippen molar-refractivity contribution in [3.63, 3.8) is 0 Å². The van der Waals surface area contributed by atoms with Crippen molar-refractivity contribution < 1.29 is 9.53 Å². The molecule has 0 spiro atoms. The van der Waals surface area contributed by atoms with Gasteiger partial charge in [-0.2, -0.15) is 5.26 Å². The van der Waals surface area contributed by atoms with Gasteiger partial charge in [-0.25, -0.2) is 4.98 Å². The molecule has 1 rings (SSSR count). The Morgan fingerprint density at radius 3 is 2.91 bits per heavy atom. The molecule has 7 heteroatoms. The van der Waals surface area contributed by atoms with E-state index in [1.807, 2.05) is 18.4 Å². The molecule has 0 aliphatic rings. The first kappa shape index (κ1) is 18.1. The van der Waals surface area contributed by atoms with Crippen molar-refractivity contribution in [2.75, 3.05) is 25.1 Å². The zero-order chi connectivity index (χ0) is 16.2. The molecule has 1 amide bonds. The van der Waals surface area contributed by atoms with Gasteiger partial charge in [0.1, 0.15) is 11.6 Å². The van der Waals surface area contributed by atoms with E-state index < -0.39 is 5.91 Å². The molecule has 1 heterocycles. The summed E-state index contributed by atoms with van der Waals surface area (Å²) >= 11 is 1.42. The van der Waals surface area contributed by atoms with E-state index in [4.69, 9.17) is 10.00 Å². The summed E-state index contributed by atoms with van der Waals surface area (Å²) in [6.45, 7) is 5.85. The molecule has 1 aromatic heterocycles. The van der Waals surface area contributed by atoms with Gasteiger partial charge >= 0.3 is 0 Å². The van der Waals surface area contributed by atoms with Gasteiger partial charge in [-0.3, -0.25) is 4.79 Å². The Kier molecular flexibility index (Phi) is 8.88. The molecular weight excluding hydrogens is 300 g/mol. The minimum absolute atomic E-state index is 0.0276. The molecule has 0 aromatic carbocycles. The van der Waals surface area contributed by atoms with E-state index in [0.29, 0.717) is 18.3 Å². The van der Waals surface area contributed by atoms with E-state index in [1.165, 1.54) is 17.5 Å². The number of aryl methyl sites for hydroxylation is 1. The van der Waals surface area contributed by atoms with Crippen molar-refractivity contribution in [3.05, 3.63) is 22.8 Å². The second kappa shape index (κ2) is 10.8. The van der Waals surface area contributed by atoms with Crippen molar-refractivity contribution in [2.24, 2.45) is 0 Å². The Balaban J connectivity index is 2.28. The topological polar surface area (TPSA) is 87.0 Å². The van der Waals surface area contributed by atoms with E-state index in [1.54, 1.807) is 0 Å². The van der Waals surface area contributed by atoms with Crippen LogP contribution in [0.5, 0.6) is 0 Å². The zero-order valence-corrected chi connectivity index (χ0v) is 13.8. The number of hydrogen-bond donors (Lipinski definition) is 2. The Morgan fingerprint density at radius 2 is 2.27 bits per heavy atom. The Bertz CT molecular complexity index is 534. The van der Waals surface area contributed by atoms with Crippen LogP contribution < -0.4 is 10.6 Å². The highest BCUT2D eigenvalue weighted by Crippen LogP contribution is 2.14. The fraction of sp³-hybridized carbons (Fsp3) is 0.533. The van der Waals surface area contributed by atoms with Gasteiger partial charge < -0.3 is 15.4 Å². The number of hydrogen-bond acceptors (Lipinski definition) is 6. The van der Waals surface area contributed by atoms with Gasteiger partial charge in [0.25, 0.3) is 5.91 Å². The Morgan fingerprint density at radius 1 is 1.50 bits per heavy atom. The first-order valence-electron chi connectivity index (χ1n) is 7.32. The lowest BCUT2D eigenvalue weighted by atomic mass is 10.3. The molecular formula is C15H22N4O2S. The quantitative estimate of drug-likeness (QED) is 0.393. The number of thiazole rings is 1. The number of amides is 1. The number of nitriles is 1. The maximum Gasteiger partial charge on any atom is 0.263 e. The van der Waals surface area contributed by atoms with Gasteiger partial charge in [-0.05, 0) is 19.8 Å². The number of nitrogens with one attached hydrogen (secondary N) is 2. The highest BCUT2D eigenvalue weighted by molar-refractivity contribution is 7.13. The molecule has 0 fully saturated rings.